The van der Waals surface area contributed by atoms with E-state index in [1.807, 2.05) is 20.8 Å². The van der Waals surface area contributed by atoms with Crippen molar-refractivity contribution >= 4 is 5.82 Å². The molecular weight excluding hydrogens is 238 g/mol. The molecule has 0 unspecified atom stereocenters. The smallest absolute Gasteiger partial charge is 0.162 e. The van der Waals surface area contributed by atoms with E-state index < -0.39 is 5.60 Å². The van der Waals surface area contributed by atoms with E-state index in [0.717, 1.165) is 31.0 Å². The molecule has 2 rings (SSSR count). The van der Waals surface area contributed by atoms with Crippen molar-refractivity contribution < 1.29 is 4.74 Å². The summed E-state index contributed by atoms with van der Waals surface area (Å²) in [6.07, 6.45) is 4.62. The van der Waals surface area contributed by atoms with E-state index in [0.29, 0.717) is 6.61 Å². The highest BCUT2D eigenvalue weighted by Crippen LogP contribution is 2.29. The van der Waals surface area contributed by atoms with Gasteiger partial charge in [0.25, 0.3) is 0 Å². The molecule has 0 aliphatic heterocycles. The predicted molar refractivity (Wildman–Crippen MR) is 77.5 cm³/mol. The molecular formula is C15H25N3O. The Bertz CT molecular complexity index is 443. The SMILES string of the molecule is CCNc1nc(C(C)(C)OCC)nc2c1CCCC2. The Morgan fingerprint density at radius 2 is 1.89 bits per heavy atom. The largest absolute Gasteiger partial charge is 0.370 e. The van der Waals surface area contributed by atoms with Crippen LogP contribution in [0.2, 0.25) is 0 Å². The summed E-state index contributed by atoms with van der Waals surface area (Å²) in [5, 5.41) is 3.38. The summed E-state index contributed by atoms with van der Waals surface area (Å²) in [5.41, 5.74) is 2.09. The van der Waals surface area contributed by atoms with Crippen LogP contribution in [0.5, 0.6) is 0 Å². The lowest BCUT2D eigenvalue weighted by Crippen LogP contribution is -2.27. The molecule has 0 fully saturated rings. The van der Waals surface area contributed by atoms with E-state index in [1.165, 1.54) is 24.1 Å². The van der Waals surface area contributed by atoms with Crippen molar-refractivity contribution in [1.29, 1.82) is 0 Å². The van der Waals surface area contributed by atoms with Gasteiger partial charge in [0.1, 0.15) is 11.4 Å². The molecule has 1 aromatic rings. The van der Waals surface area contributed by atoms with Crippen LogP contribution in [-0.4, -0.2) is 23.1 Å². The van der Waals surface area contributed by atoms with Crippen molar-refractivity contribution in [3.05, 3.63) is 17.1 Å². The Morgan fingerprint density at radius 1 is 1.16 bits per heavy atom. The molecule has 0 bridgehead atoms. The van der Waals surface area contributed by atoms with Gasteiger partial charge in [0.2, 0.25) is 0 Å². The average molecular weight is 263 g/mol. The normalized spacial score (nSPS) is 15.2. The van der Waals surface area contributed by atoms with E-state index in [9.17, 15) is 0 Å². The van der Waals surface area contributed by atoms with Gasteiger partial charge in [0.15, 0.2) is 5.82 Å². The van der Waals surface area contributed by atoms with Gasteiger partial charge in [-0.05, 0) is 53.4 Å². The summed E-state index contributed by atoms with van der Waals surface area (Å²) in [7, 11) is 0. The van der Waals surface area contributed by atoms with Gasteiger partial charge < -0.3 is 10.1 Å². The Balaban J connectivity index is 2.43. The lowest BCUT2D eigenvalue weighted by molar-refractivity contribution is -0.0209. The minimum Gasteiger partial charge on any atom is -0.370 e. The van der Waals surface area contributed by atoms with Gasteiger partial charge >= 0.3 is 0 Å². The van der Waals surface area contributed by atoms with E-state index >= 15 is 0 Å². The number of hydrogen-bond acceptors (Lipinski definition) is 4. The summed E-state index contributed by atoms with van der Waals surface area (Å²) in [6.45, 7) is 9.74. The summed E-state index contributed by atoms with van der Waals surface area (Å²) in [5.74, 6) is 1.81. The lowest BCUT2D eigenvalue weighted by Gasteiger charge is -2.26. The number of aromatic nitrogens is 2. The number of nitrogens with one attached hydrogen (secondary N) is 1. The molecule has 106 valence electrons. The van der Waals surface area contributed by atoms with Gasteiger partial charge in [-0.3, -0.25) is 0 Å². The van der Waals surface area contributed by atoms with E-state index in [2.05, 4.69) is 12.2 Å². The van der Waals surface area contributed by atoms with Crippen molar-refractivity contribution in [2.45, 2.75) is 59.0 Å². The molecule has 1 heterocycles. The molecule has 0 aromatic carbocycles. The summed E-state index contributed by atoms with van der Waals surface area (Å²) >= 11 is 0. The highest BCUT2D eigenvalue weighted by atomic mass is 16.5. The van der Waals surface area contributed by atoms with Gasteiger partial charge in [0.05, 0.1) is 0 Å². The fraction of sp³-hybridized carbons (Fsp3) is 0.733. The monoisotopic (exact) mass is 263 g/mol. The van der Waals surface area contributed by atoms with Gasteiger partial charge in [0, 0.05) is 24.4 Å². The number of ether oxygens (including phenoxy) is 1. The molecule has 4 heteroatoms. The minimum atomic E-state index is -0.425. The number of fused-ring (bicyclic) bond motifs is 1. The molecule has 0 spiro atoms. The van der Waals surface area contributed by atoms with Crippen LogP contribution >= 0.6 is 0 Å². The molecule has 0 saturated carbocycles. The second-order valence-electron chi connectivity index (χ2n) is 5.50. The second kappa shape index (κ2) is 5.87. The molecule has 0 radical (unpaired) electrons. The van der Waals surface area contributed by atoms with Crippen molar-refractivity contribution in [1.82, 2.24) is 9.97 Å². The first kappa shape index (κ1) is 14.3. The first-order valence-corrected chi connectivity index (χ1v) is 7.36. The van der Waals surface area contributed by atoms with Crippen LogP contribution in [-0.2, 0) is 23.2 Å². The van der Waals surface area contributed by atoms with Crippen LogP contribution in [0.15, 0.2) is 0 Å². The first-order chi connectivity index (χ1) is 9.08. The number of hydrogen-bond donors (Lipinski definition) is 1. The summed E-state index contributed by atoms with van der Waals surface area (Å²) < 4.78 is 5.79. The first-order valence-electron chi connectivity index (χ1n) is 7.36. The maximum atomic E-state index is 5.79. The maximum absolute atomic E-state index is 5.79. The van der Waals surface area contributed by atoms with E-state index in [-0.39, 0.29) is 0 Å². The van der Waals surface area contributed by atoms with Crippen molar-refractivity contribution in [3.8, 4) is 0 Å². The van der Waals surface area contributed by atoms with Gasteiger partial charge in [-0.25, -0.2) is 9.97 Å². The van der Waals surface area contributed by atoms with Crippen LogP contribution in [0.4, 0.5) is 5.82 Å². The summed E-state index contributed by atoms with van der Waals surface area (Å²) in [4.78, 5) is 9.49. The Labute approximate surface area is 116 Å². The topological polar surface area (TPSA) is 47.0 Å². The number of rotatable bonds is 5. The third-order valence-corrected chi connectivity index (χ3v) is 3.57. The van der Waals surface area contributed by atoms with Crippen LogP contribution in [0.3, 0.4) is 0 Å². The zero-order valence-electron chi connectivity index (χ0n) is 12.5. The van der Waals surface area contributed by atoms with E-state index in [1.54, 1.807) is 0 Å². The molecule has 0 saturated heterocycles. The fourth-order valence-corrected chi connectivity index (χ4v) is 2.60. The molecule has 0 atom stereocenters. The molecule has 0 amide bonds. The van der Waals surface area contributed by atoms with Crippen molar-refractivity contribution in [3.63, 3.8) is 0 Å². The maximum Gasteiger partial charge on any atom is 0.162 e. The lowest BCUT2D eigenvalue weighted by atomic mass is 9.95. The van der Waals surface area contributed by atoms with Crippen molar-refractivity contribution in [2.24, 2.45) is 0 Å². The predicted octanol–water partition coefficient (Wildman–Crippen LogP) is 3.06. The molecule has 1 aliphatic carbocycles. The number of anilines is 1. The molecule has 19 heavy (non-hydrogen) atoms. The average Bonchev–Trinajstić information content (AvgIpc) is 2.39. The van der Waals surface area contributed by atoms with Crippen LogP contribution < -0.4 is 5.32 Å². The Kier molecular flexibility index (Phi) is 4.40. The summed E-state index contributed by atoms with van der Waals surface area (Å²) in [6, 6.07) is 0. The van der Waals surface area contributed by atoms with Crippen LogP contribution in [0, 0.1) is 0 Å². The molecule has 1 aliphatic rings. The number of nitrogens with zero attached hydrogens (tertiary/aromatic N) is 2. The number of aryl methyl sites for hydroxylation is 1. The van der Waals surface area contributed by atoms with Gasteiger partial charge in [-0.15, -0.1) is 0 Å². The zero-order valence-corrected chi connectivity index (χ0v) is 12.5. The quantitative estimate of drug-likeness (QED) is 0.887. The Hall–Kier alpha value is -1.16. The van der Waals surface area contributed by atoms with Crippen LogP contribution in [0.1, 0.15) is 57.6 Å². The van der Waals surface area contributed by atoms with Crippen molar-refractivity contribution in [2.75, 3.05) is 18.5 Å². The zero-order chi connectivity index (χ0) is 13.9. The minimum absolute atomic E-state index is 0.425. The van der Waals surface area contributed by atoms with Gasteiger partial charge in [-0.1, -0.05) is 0 Å². The fourth-order valence-electron chi connectivity index (χ4n) is 2.60. The highest BCUT2D eigenvalue weighted by Gasteiger charge is 2.27. The standard InChI is InChI=1S/C15H25N3O/c1-5-16-13-11-9-7-8-10-12(11)17-14(18-13)15(3,4)19-6-2/h5-10H2,1-4H3,(H,16,17,18). The third kappa shape index (κ3) is 3.06. The highest BCUT2D eigenvalue weighted by molar-refractivity contribution is 5.48. The molecule has 1 N–H and O–H groups in total. The third-order valence-electron chi connectivity index (χ3n) is 3.57. The second-order valence-corrected chi connectivity index (χ2v) is 5.50. The molecule has 1 aromatic heterocycles. The Morgan fingerprint density at radius 3 is 2.58 bits per heavy atom. The van der Waals surface area contributed by atoms with Gasteiger partial charge in [-0.2, -0.15) is 0 Å². The van der Waals surface area contributed by atoms with E-state index in [4.69, 9.17) is 14.7 Å². The molecule has 4 nitrogen and oxygen atoms in total. The van der Waals surface area contributed by atoms with Crippen LogP contribution in [0.25, 0.3) is 0 Å².